The van der Waals surface area contributed by atoms with E-state index in [-0.39, 0.29) is 11.9 Å². The van der Waals surface area contributed by atoms with Crippen LogP contribution in [0, 0.1) is 0 Å². The summed E-state index contributed by atoms with van der Waals surface area (Å²) in [6, 6.07) is 9.80. The highest BCUT2D eigenvalue weighted by atomic mass is 16.6. The third-order valence-corrected chi connectivity index (χ3v) is 5.54. The summed E-state index contributed by atoms with van der Waals surface area (Å²) in [4.78, 5) is 25.9. The average molecular weight is 388 g/mol. The number of nitrogens with zero attached hydrogens (tertiary/aromatic N) is 1. The highest BCUT2D eigenvalue weighted by Gasteiger charge is 2.37. The average Bonchev–Trinajstić information content (AvgIpc) is 3.07. The first-order chi connectivity index (χ1) is 13.7. The molecule has 4 nitrogen and oxygen atoms in total. The van der Waals surface area contributed by atoms with Gasteiger partial charge in [-0.2, -0.15) is 0 Å². The number of ether oxygens (including phenoxy) is 1. The van der Waals surface area contributed by atoms with E-state index in [2.05, 4.69) is 6.92 Å². The first-order valence-corrected chi connectivity index (χ1v) is 11.2. The third kappa shape index (κ3) is 8.04. The van der Waals surface area contributed by atoms with Crippen molar-refractivity contribution in [2.24, 2.45) is 0 Å². The molecule has 1 atom stereocenters. The van der Waals surface area contributed by atoms with Crippen molar-refractivity contribution in [3.8, 4) is 0 Å². The molecular formula is C24H37NO3. The molecule has 28 heavy (non-hydrogen) atoms. The SMILES string of the molecule is CCCCCCCCCCCCCC(=O)N1C(=O)OC[C@@H]1Cc1ccccc1. The molecule has 1 aromatic carbocycles. The summed E-state index contributed by atoms with van der Waals surface area (Å²) in [5.41, 5.74) is 1.12. The van der Waals surface area contributed by atoms with E-state index < -0.39 is 6.09 Å². The third-order valence-electron chi connectivity index (χ3n) is 5.54. The Morgan fingerprint density at radius 3 is 2.11 bits per heavy atom. The van der Waals surface area contributed by atoms with Gasteiger partial charge in [0.2, 0.25) is 5.91 Å². The van der Waals surface area contributed by atoms with Crippen molar-refractivity contribution in [2.45, 2.75) is 96.4 Å². The fourth-order valence-electron chi connectivity index (χ4n) is 3.86. The van der Waals surface area contributed by atoms with Gasteiger partial charge in [-0.15, -0.1) is 0 Å². The number of imide groups is 1. The second-order valence-electron chi connectivity index (χ2n) is 7.97. The van der Waals surface area contributed by atoms with Gasteiger partial charge >= 0.3 is 6.09 Å². The summed E-state index contributed by atoms with van der Waals surface area (Å²) < 4.78 is 5.14. The molecule has 1 aliphatic rings. The second-order valence-corrected chi connectivity index (χ2v) is 7.97. The second kappa shape index (κ2) is 13.4. The molecule has 0 radical (unpaired) electrons. The number of cyclic esters (lactones) is 1. The predicted octanol–water partition coefficient (Wildman–Crippen LogP) is 6.28. The Kier molecular flexibility index (Phi) is 10.7. The highest BCUT2D eigenvalue weighted by Crippen LogP contribution is 2.20. The molecule has 0 aliphatic carbocycles. The monoisotopic (exact) mass is 387 g/mol. The maximum Gasteiger partial charge on any atom is 0.416 e. The van der Waals surface area contributed by atoms with Gasteiger partial charge in [0.1, 0.15) is 6.61 Å². The van der Waals surface area contributed by atoms with E-state index in [1.807, 2.05) is 30.3 Å². The molecule has 0 aromatic heterocycles. The van der Waals surface area contributed by atoms with Gasteiger partial charge in [0.05, 0.1) is 6.04 Å². The number of carbonyl (C=O) groups excluding carboxylic acids is 2. The van der Waals surface area contributed by atoms with Crippen LogP contribution in [0.2, 0.25) is 0 Å². The molecular weight excluding hydrogens is 350 g/mol. The molecule has 1 heterocycles. The van der Waals surface area contributed by atoms with Gasteiger partial charge in [0, 0.05) is 6.42 Å². The highest BCUT2D eigenvalue weighted by molar-refractivity contribution is 5.93. The Morgan fingerprint density at radius 2 is 1.50 bits per heavy atom. The minimum atomic E-state index is -0.478. The van der Waals surface area contributed by atoms with Gasteiger partial charge in [-0.1, -0.05) is 101 Å². The van der Waals surface area contributed by atoms with Crippen LogP contribution in [0.25, 0.3) is 0 Å². The summed E-state index contributed by atoms with van der Waals surface area (Å²) in [5, 5.41) is 0. The van der Waals surface area contributed by atoms with E-state index in [0.29, 0.717) is 19.4 Å². The largest absolute Gasteiger partial charge is 0.447 e. The number of hydrogen-bond donors (Lipinski definition) is 0. The van der Waals surface area contributed by atoms with Crippen LogP contribution >= 0.6 is 0 Å². The molecule has 0 spiro atoms. The Bertz CT molecular complexity index is 572. The van der Waals surface area contributed by atoms with E-state index in [9.17, 15) is 9.59 Å². The van der Waals surface area contributed by atoms with E-state index in [4.69, 9.17) is 4.74 Å². The molecule has 0 bridgehead atoms. The number of unbranched alkanes of at least 4 members (excludes halogenated alkanes) is 10. The lowest BCUT2D eigenvalue weighted by Crippen LogP contribution is -2.40. The first-order valence-electron chi connectivity index (χ1n) is 11.2. The van der Waals surface area contributed by atoms with Crippen LogP contribution in [0.4, 0.5) is 4.79 Å². The molecule has 0 N–H and O–H groups in total. The molecule has 156 valence electrons. The lowest BCUT2D eigenvalue weighted by atomic mass is 10.0. The van der Waals surface area contributed by atoms with E-state index in [1.165, 1.54) is 62.7 Å². The van der Waals surface area contributed by atoms with Crippen molar-refractivity contribution in [2.75, 3.05) is 6.61 Å². The number of benzene rings is 1. The van der Waals surface area contributed by atoms with Crippen molar-refractivity contribution in [1.82, 2.24) is 4.90 Å². The lowest BCUT2D eigenvalue weighted by molar-refractivity contribution is -0.129. The first kappa shape index (κ1) is 22.4. The molecule has 2 amide bonds. The Labute approximate surface area is 170 Å². The molecule has 1 aromatic rings. The standard InChI is InChI=1S/C24H37NO3/c1-2-3-4-5-6-7-8-9-10-11-15-18-23(26)25-22(20-28-24(25)27)19-21-16-13-12-14-17-21/h12-14,16-17,22H,2-11,15,18-20H2,1H3/t22-/m0/s1. The molecule has 4 heteroatoms. The Balaban J connectivity index is 1.58. The van der Waals surface area contributed by atoms with Crippen molar-refractivity contribution in [3.05, 3.63) is 35.9 Å². The summed E-state index contributed by atoms with van der Waals surface area (Å²) in [6.07, 6.45) is 14.4. The van der Waals surface area contributed by atoms with Crippen LogP contribution in [-0.2, 0) is 16.0 Å². The van der Waals surface area contributed by atoms with Gasteiger partial charge < -0.3 is 4.74 Å². The molecule has 1 aliphatic heterocycles. The zero-order chi connectivity index (χ0) is 20.0. The molecule has 1 saturated heterocycles. The van der Waals surface area contributed by atoms with Crippen molar-refractivity contribution >= 4 is 12.0 Å². The normalized spacial score (nSPS) is 16.4. The van der Waals surface area contributed by atoms with E-state index in [1.54, 1.807) is 0 Å². The van der Waals surface area contributed by atoms with Gasteiger partial charge in [-0.25, -0.2) is 9.69 Å². The van der Waals surface area contributed by atoms with Gasteiger partial charge in [-0.05, 0) is 18.4 Å². The Hall–Kier alpha value is -1.84. The van der Waals surface area contributed by atoms with Crippen LogP contribution in [0.15, 0.2) is 30.3 Å². The topological polar surface area (TPSA) is 46.6 Å². The minimum Gasteiger partial charge on any atom is -0.447 e. The number of carbonyl (C=O) groups is 2. The lowest BCUT2D eigenvalue weighted by Gasteiger charge is -2.19. The molecule has 1 fully saturated rings. The maximum atomic E-state index is 12.5. The smallest absolute Gasteiger partial charge is 0.416 e. The van der Waals surface area contributed by atoms with Crippen LogP contribution < -0.4 is 0 Å². The van der Waals surface area contributed by atoms with Gasteiger partial charge in [-0.3, -0.25) is 4.79 Å². The van der Waals surface area contributed by atoms with Crippen LogP contribution in [-0.4, -0.2) is 29.5 Å². The van der Waals surface area contributed by atoms with Crippen molar-refractivity contribution in [1.29, 1.82) is 0 Å². The number of amides is 2. The molecule has 0 saturated carbocycles. The zero-order valence-corrected chi connectivity index (χ0v) is 17.5. The van der Waals surface area contributed by atoms with E-state index >= 15 is 0 Å². The van der Waals surface area contributed by atoms with Crippen LogP contribution in [0.1, 0.15) is 89.5 Å². The fourth-order valence-corrected chi connectivity index (χ4v) is 3.86. The summed E-state index contributed by atoms with van der Waals surface area (Å²) in [6.45, 7) is 2.55. The Morgan fingerprint density at radius 1 is 0.929 bits per heavy atom. The van der Waals surface area contributed by atoms with E-state index in [0.717, 1.165) is 18.4 Å². The number of rotatable bonds is 14. The summed E-state index contributed by atoms with van der Waals surface area (Å²) >= 11 is 0. The molecule has 2 rings (SSSR count). The van der Waals surface area contributed by atoms with Gasteiger partial charge in [0.15, 0.2) is 0 Å². The van der Waals surface area contributed by atoms with Crippen molar-refractivity contribution in [3.63, 3.8) is 0 Å². The minimum absolute atomic E-state index is 0.0839. The number of hydrogen-bond acceptors (Lipinski definition) is 3. The summed E-state index contributed by atoms with van der Waals surface area (Å²) in [5.74, 6) is -0.0839. The summed E-state index contributed by atoms with van der Waals surface area (Å²) in [7, 11) is 0. The fraction of sp³-hybridized carbons (Fsp3) is 0.667. The predicted molar refractivity (Wildman–Crippen MR) is 113 cm³/mol. The zero-order valence-electron chi connectivity index (χ0n) is 17.5. The quantitative estimate of drug-likeness (QED) is 0.353. The maximum absolute atomic E-state index is 12.5. The molecule has 0 unspecified atom stereocenters. The van der Waals surface area contributed by atoms with Crippen molar-refractivity contribution < 1.29 is 14.3 Å². The van der Waals surface area contributed by atoms with Crippen LogP contribution in [0.5, 0.6) is 0 Å². The van der Waals surface area contributed by atoms with Gasteiger partial charge in [0.25, 0.3) is 0 Å². The van der Waals surface area contributed by atoms with Crippen LogP contribution in [0.3, 0.4) is 0 Å².